The van der Waals surface area contributed by atoms with E-state index in [1.807, 2.05) is 0 Å². The minimum atomic E-state index is 0.809. The number of nitrogens with zero attached hydrogens (tertiary/aromatic N) is 1. The summed E-state index contributed by atoms with van der Waals surface area (Å²) in [7, 11) is 0. The second-order valence-electron chi connectivity index (χ2n) is 3.08. The number of hydrogen-bond acceptors (Lipinski definition) is 2. The van der Waals surface area contributed by atoms with E-state index in [2.05, 4.69) is 51.6 Å². The first-order valence-corrected chi connectivity index (χ1v) is 5.72. The lowest BCUT2D eigenvalue weighted by Gasteiger charge is -2.34. The molecule has 0 amide bonds. The van der Waals surface area contributed by atoms with E-state index in [1.165, 1.54) is 18.8 Å². The Morgan fingerprint density at radius 2 is 2.20 bits per heavy atom. The minimum absolute atomic E-state index is 0.809. The highest BCUT2D eigenvalue weighted by Crippen LogP contribution is 2.24. The predicted octanol–water partition coefficient (Wildman–Crippen LogP) is 2.41. The van der Waals surface area contributed by atoms with Crippen LogP contribution in [0.3, 0.4) is 0 Å². The maximum absolute atomic E-state index is 2.39. The molecule has 1 aliphatic rings. The molecule has 1 nitrogen and oxygen atoms in total. The second-order valence-corrected chi connectivity index (χ2v) is 6.05. The van der Waals surface area contributed by atoms with Crippen molar-refractivity contribution in [2.45, 2.75) is 19.1 Å². The third-order valence-electron chi connectivity index (χ3n) is 1.58. The fourth-order valence-electron chi connectivity index (χ4n) is 0.941. The van der Waals surface area contributed by atoms with Crippen LogP contribution in [-0.2, 0) is 0 Å². The summed E-state index contributed by atoms with van der Waals surface area (Å²) in [5, 5.41) is 0.809. The molecule has 10 heavy (non-hydrogen) atoms. The molecule has 0 aromatic rings. The molecular formula is C7H14INS. The van der Waals surface area contributed by atoms with Crippen molar-refractivity contribution in [1.82, 2.24) is 3.11 Å². The Hall–Kier alpha value is 1.04. The normalized spacial score (nSPS) is 21.6. The van der Waals surface area contributed by atoms with Crippen LogP contribution < -0.4 is 0 Å². The summed E-state index contributed by atoms with van der Waals surface area (Å²) in [4.78, 5) is 0. The molecule has 3 heteroatoms. The zero-order valence-electron chi connectivity index (χ0n) is 6.51. The lowest BCUT2D eigenvalue weighted by atomic mass is 10.1. The van der Waals surface area contributed by atoms with Crippen LogP contribution >= 0.6 is 34.6 Å². The molecule has 60 valence electrons. The van der Waals surface area contributed by atoms with E-state index in [0.717, 1.165) is 11.2 Å². The molecule has 0 aromatic carbocycles. The average Bonchev–Trinajstić information content (AvgIpc) is 1.77. The van der Waals surface area contributed by atoms with Gasteiger partial charge in [-0.15, -0.1) is 0 Å². The minimum Gasteiger partial charge on any atom is -0.247 e. The highest BCUT2D eigenvalue weighted by Gasteiger charge is 2.24. The number of halogens is 1. The van der Waals surface area contributed by atoms with Gasteiger partial charge in [0.15, 0.2) is 0 Å². The van der Waals surface area contributed by atoms with Crippen LogP contribution in [0.15, 0.2) is 0 Å². The van der Waals surface area contributed by atoms with Crippen LogP contribution in [0.25, 0.3) is 0 Å². The largest absolute Gasteiger partial charge is 0.247 e. The monoisotopic (exact) mass is 271 g/mol. The van der Waals surface area contributed by atoms with Gasteiger partial charge in [-0.2, -0.15) is 11.8 Å². The zero-order chi connectivity index (χ0) is 7.56. The van der Waals surface area contributed by atoms with E-state index in [4.69, 9.17) is 0 Å². The van der Waals surface area contributed by atoms with E-state index >= 15 is 0 Å². The summed E-state index contributed by atoms with van der Waals surface area (Å²) in [5.41, 5.74) is 0. The molecule has 0 spiro atoms. The maximum atomic E-state index is 2.39. The topological polar surface area (TPSA) is 3.24 Å². The van der Waals surface area contributed by atoms with E-state index in [9.17, 15) is 0 Å². The first-order valence-electron chi connectivity index (χ1n) is 3.71. The van der Waals surface area contributed by atoms with Gasteiger partial charge in [0.25, 0.3) is 0 Å². The molecule has 0 aromatic heterocycles. The van der Waals surface area contributed by atoms with Gasteiger partial charge in [0.05, 0.1) is 0 Å². The van der Waals surface area contributed by atoms with Crippen LogP contribution in [0, 0.1) is 5.92 Å². The summed E-state index contributed by atoms with van der Waals surface area (Å²) >= 11 is 4.48. The van der Waals surface area contributed by atoms with E-state index in [-0.39, 0.29) is 0 Å². The van der Waals surface area contributed by atoms with Gasteiger partial charge in [-0.05, 0) is 16.9 Å². The Kier molecular flexibility index (Phi) is 3.80. The standard InChI is InChI=1S/C7H14INS/c1-6(2)10-5-7-3-9(8)4-7/h6-7H,3-5H2,1-2H3. The molecule has 1 saturated heterocycles. The fourth-order valence-corrected chi connectivity index (χ4v) is 2.92. The van der Waals surface area contributed by atoms with Crippen LogP contribution in [0.5, 0.6) is 0 Å². The Morgan fingerprint density at radius 3 is 2.60 bits per heavy atom. The molecule has 0 radical (unpaired) electrons. The lowest BCUT2D eigenvalue weighted by Crippen LogP contribution is -2.41. The molecule has 1 aliphatic heterocycles. The van der Waals surface area contributed by atoms with Gasteiger partial charge in [-0.1, -0.05) is 13.8 Å². The predicted molar refractivity (Wildman–Crippen MR) is 56.7 cm³/mol. The number of thioether (sulfide) groups is 1. The molecule has 1 heterocycles. The van der Waals surface area contributed by atoms with Crippen molar-refractivity contribution in [1.29, 1.82) is 0 Å². The van der Waals surface area contributed by atoms with Gasteiger partial charge in [-0.25, -0.2) is 3.11 Å². The van der Waals surface area contributed by atoms with E-state index in [1.54, 1.807) is 0 Å². The first kappa shape index (κ1) is 9.13. The van der Waals surface area contributed by atoms with Crippen LogP contribution in [-0.4, -0.2) is 27.2 Å². The van der Waals surface area contributed by atoms with E-state index < -0.39 is 0 Å². The Labute approximate surface area is 81.4 Å². The highest BCUT2D eigenvalue weighted by atomic mass is 127. The molecule has 0 atom stereocenters. The molecule has 0 bridgehead atoms. The van der Waals surface area contributed by atoms with Gasteiger partial charge in [0.1, 0.15) is 0 Å². The van der Waals surface area contributed by atoms with Gasteiger partial charge >= 0.3 is 0 Å². The van der Waals surface area contributed by atoms with Crippen LogP contribution in [0.4, 0.5) is 0 Å². The zero-order valence-corrected chi connectivity index (χ0v) is 9.48. The summed E-state index contributed by atoms with van der Waals surface area (Å²) in [6.07, 6.45) is 0. The van der Waals surface area contributed by atoms with Gasteiger partial charge in [-0.3, -0.25) is 0 Å². The average molecular weight is 271 g/mol. The van der Waals surface area contributed by atoms with Crippen LogP contribution in [0.2, 0.25) is 0 Å². The molecule has 1 fully saturated rings. The second kappa shape index (κ2) is 4.16. The number of rotatable bonds is 3. The summed E-state index contributed by atoms with van der Waals surface area (Å²) in [6, 6.07) is 0. The van der Waals surface area contributed by atoms with Crippen molar-refractivity contribution in [2.75, 3.05) is 18.8 Å². The molecule has 0 aliphatic carbocycles. The maximum Gasteiger partial charge on any atom is 0.0201 e. The SMILES string of the molecule is CC(C)SCC1CN(I)C1. The van der Waals surface area contributed by atoms with Crippen molar-refractivity contribution in [3.05, 3.63) is 0 Å². The third kappa shape index (κ3) is 2.96. The molecule has 0 unspecified atom stereocenters. The Bertz CT molecular complexity index is 102. The van der Waals surface area contributed by atoms with Crippen molar-refractivity contribution in [3.63, 3.8) is 0 Å². The molecule has 0 N–H and O–H groups in total. The van der Waals surface area contributed by atoms with E-state index in [0.29, 0.717) is 0 Å². The van der Waals surface area contributed by atoms with Gasteiger partial charge in [0, 0.05) is 36.0 Å². The smallest absolute Gasteiger partial charge is 0.0201 e. The van der Waals surface area contributed by atoms with Crippen molar-refractivity contribution in [2.24, 2.45) is 5.92 Å². The lowest BCUT2D eigenvalue weighted by molar-refractivity contribution is 0.269. The Balaban J connectivity index is 1.95. The third-order valence-corrected chi connectivity index (χ3v) is 3.70. The van der Waals surface area contributed by atoms with Crippen molar-refractivity contribution < 1.29 is 0 Å². The fraction of sp³-hybridized carbons (Fsp3) is 1.00. The first-order chi connectivity index (χ1) is 4.68. The molecular weight excluding hydrogens is 257 g/mol. The molecule has 0 saturated carbocycles. The van der Waals surface area contributed by atoms with Crippen molar-refractivity contribution in [3.8, 4) is 0 Å². The van der Waals surface area contributed by atoms with Gasteiger partial charge < -0.3 is 0 Å². The van der Waals surface area contributed by atoms with Crippen molar-refractivity contribution >= 4 is 34.6 Å². The summed E-state index contributed by atoms with van der Waals surface area (Å²) in [6.45, 7) is 7.15. The quantitative estimate of drug-likeness (QED) is 0.573. The summed E-state index contributed by atoms with van der Waals surface area (Å²) < 4.78 is 2.35. The summed E-state index contributed by atoms with van der Waals surface area (Å²) in [5.74, 6) is 2.33. The number of hydrogen-bond donors (Lipinski definition) is 0. The van der Waals surface area contributed by atoms with Gasteiger partial charge in [0.2, 0.25) is 0 Å². The Morgan fingerprint density at radius 1 is 1.60 bits per heavy atom. The van der Waals surface area contributed by atoms with Crippen LogP contribution in [0.1, 0.15) is 13.8 Å². The highest BCUT2D eigenvalue weighted by molar-refractivity contribution is 14.1. The molecule has 1 rings (SSSR count).